The second-order valence-corrected chi connectivity index (χ2v) is 9.11. The number of para-hydroxylation sites is 1. The maximum Gasteiger partial charge on any atom is 0.253 e. The van der Waals surface area contributed by atoms with Crippen molar-refractivity contribution in [2.75, 3.05) is 35.2 Å². The highest BCUT2D eigenvalue weighted by Crippen LogP contribution is 2.24. The van der Waals surface area contributed by atoms with Crippen LogP contribution in [0.4, 0.5) is 11.4 Å². The highest BCUT2D eigenvalue weighted by atomic mass is 32.2. The van der Waals surface area contributed by atoms with Gasteiger partial charge in [-0.3, -0.25) is 13.9 Å². The van der Waals surface area contributed by atoms with Crippen LogP contribution in [0.5, 0.6) is 0 Å². The van der Waals surface area contributed by atoms with Gasteiger partial charge in [0, 0.05) is 11.4 Å². The highest BCUT2D eigenvalue weighted by Gasteiger charge is 2.22. The molecule has 0 aromatic heterocycles. The lowest BCUT2D eigenvalue weighted by atomic mass is 10.1. The Kier molecular flexibility index (Phi) is 8.10. The Morgan fingerprint density at radius 2 is 1.83 bits per heavy atom. The molecular weight excluding hydrogens is 410 g/mol. The van der Waals surface area contributed by atoms with E-state index in [1.165, 1.54) is 11.8 Å². The summed E-state index contributed by atoms with van der Waals surface area (Å²) in [5, 5.41) is 5.42. The number of carbonyl (C=O) groups excluding carboxylic acids is 2. The molecule has 7 nitrogen and oxygen atoms in total. The predicted molar refractivity (Wildman–Crippen MR) is 118 cm³/mol. The number of thioether (sulfide) groups is 1. The highest BCUT2D eigenvalue weighted by molar-refractivity contribution is 7.98. The van der Waals surface area contributed by atoms with Crippen LogP contribution in [0, 0.1) is 0 Å². The lowest BCUT2D eigenvalue weighted by Crippen LogP contribution is -2.37. The quantitative estimate of drug-likeness (QED) is 0.591. The predicted octanol–water partition coefficient (Wildman–Crippen LogP) is 2.95. The van der Waals surface area contributed by atoms with Crippen LogP contribution in [-0.2, 0) is 14.8 Å². The third kappa shape index (κ3) is 6.50. The molecule has 2 amide bonds. The Bertz CT molecular complexity index is 977. The lowest BCUT2D eigenvalue weighted by molar-refractivity contribution is -0.114. The normalized spacial score (nSPS) is 11.0. The Labute approximate surface area is 175 Å². The Balaban J connectivity index is 2.23. The topological polar surface area (TPSA) is 95.6 Å². The summed E-state index contributed by atoms with van der Waals surface area (Å²) in [5.41, 5.74) is 1.06. The van der Waals surface area contributed by atoms with Gasteiger partial charge in [0.2, 0.25) is 15.9 Å². The molecule has 0 saturated carbocycles. The summed E-state index contributed by atoms with van der Waals surface area (Å²) >= 11 is 1.48. The first kappa shape index (κ1) is 22.8. The van der Waals surface area contributed by atoms with E-state index in [2.05, 4.69) is 10.6 Å². The first-order valence-electron chi connectivity index (χ1n) is 9.05. The number of benzene rings is 2. The minimum absolute atomic E-state index is 0.296. The van der Waals surface area contributed by atoms with Gasteiger partial charge in [-0.05, 0) is 43.0 Å². The van der Waals surface area contributed by atoms with Crippen LogP contribution in [-0.4, -0.2) is 45.8 Å². The van der Waals surface area contributed by atoms with Gasteiger partial charge in [-0.2, -0.15) is 0 Å². The average Bonchev–Trinajstić information content (AvgIpc) is 2.69. The molecule has 0 aliphatic carbocycles. The van der Waals surface area contributed by atoms with Crippen LogP contribution in [0.25, 0.3) is 0 Å². The molecule has 0 bridgehead atoms. The van der Waals surface area contributed by atoms with Crippen molar-refractivity contribution in [3.8, 4) is 0 Å². The summed E-state index contributed by atoms with van der Waals surface area (Å²) in [6, 6.07) is 13.6. The summed E-state index contributed by atoms with van der Waals surface area (Å²) in [6.07, 6.45) is 3.73. The van der Waals surface area contributed by atoms with Gasteiger partial charge in [0.1, 0.15) is 6.54 Å². The monoisotopic (exact) mass is 435 g/mol. The molecule has 2 aromatic carbocycles. The van der Waals surface area contributed by atoms with E-state index in [9.17, 15) is 18.0 Å². The number of carbonyl (C=O) groups is 2. The van der Waals surface area contributed by atoms with E-state index < -0.39 is 22.5 Å². The zero-order chi connectivity index (χ0) is 21.4. The average molecular weight is 436 g/mol. The fraction of sp³-hybridized carbons (Fsp3) is 0.300. The van der Waals surface area contributed by atoms with Gasteiger partial charge in [0.15, 0.2) is 0 Å². The first-order chi connectivity index (χ1) is 13.8. The number of rotatable bonds is 9. The van der Waals surface area contributed by atoms with Crippen molar-refractivity contribution in [1.29, 1.82) is 0 Å². The molecule has 2 rings (SSSR count). The number of nitrogens with one attached hydrogen (secondary N) is 2. The zero-order valence-electron chi connectivity index (χ0n) is 16.6. The molecule has 0 atom stereocenters. The van der Waals surface area contributed by atoms with Gasteiger partial charge < -0.3 is 10.6 Å². The summed E-state index contributed by atoms with van der Waals surface area (Å²) in [4.78, 5) is 25.8. The third-order valence-corrected chi connectivity index (χ3v) is 5.88. The third-order valence-electron chi connectivity index (χ3n) is 4.01. The van der Waals surface area contributed by atoms with Gasteiger partial charge in [0.25, 0.3) is 5.91 Å². The van der Waals surface area contributed by atoms with Crippen molar-refractivity contribution in [3.63, 3.8) is 0 Å². The molecular formula is C20H25N3O4S2. The molecule has 0 unspecified atom stereocenters. The number of anilines is 2. The summed E-state index contributed by atoms with van der Waals surface area (Å²) < 4.78 is 25.6. The van der Waals surface area contributed by atoms with E-state index in [0.29, 0.717) is 23.5 Å². The molecule has 29 heavy (non-hydrogen) atoms. The van der Waals surface area contributed by atoms with Crippen molar-refractivity contribution in [1.82, 2.24) is 5.32 Å². The Morgan fingerprint density at radius 1 is 1.10 bits per heavy atom. The number of amides is 2. The maximum absolute atomic E-state index is 12.6. The van der Waals surface area contributed by atoms with Crippen LogP contribution >= 0.6 is 11.8 Å². The van der Waals surface area contributed by atoms with E-state index in [4.69, 9.17) is 0 Å². The first-order valence-corrected chi connectivity index (χ1v) is 12.1. The molecule has 156 valence electrons. The molecule has 0 radical (unpaired) electrons. The summed E-state index contributed by atoms with van der Waals surface area (Å²) in [5.74, 6) is -0.837. The van der Waals surface area contributed by atoms with E-state index in [1.54, 1.807) is 42.5 Å². The fourth-order valence-corrected chi connectivity index (χ4v) is 3.91. The maximum atomic E-state index is 12.6. The van der Waals surface area contributed by atoms with Gasteiger partial charge in [-0.15, -0.1) is 11.8 Å². The van der Waals surface area contributed by atoms with E-state index in [-0.39, 0.29) is 5.91 Å². The van der Waals surface area contributed by atoms with Crippen LogP contribution < -0.4 is 14.9 Å². The van der Waals surface area contributed by atoms with Crippen LogP contribution in [0.1, 0.15) is 23.7 Å². The molecule has 0 fully saturated rings. The second-order valence-electron chi connectivity index (χ2n) is 6.32. The minimum Gasteiger partial charge on any atom is -0.352 e. The number of hydrogen-bond donors (Lipinski definition) is 2. The van der Waals surface area contributed by atoms with Crippen molar-refractivity contribution < 1.29 is 18.0 Å². The molecule has 0 heterocycles. The summed E-state index contributed by atoms with van der Waals surface area (Å²) in [6.45, 7) is 2.07. The SMILES string of the molecule is CCCNC(=O)c1ccccc1NC(=O)CN(c1cccc(SC)c1)S(C)(=O)=O. The fourth-order valence-electron chi connectivity index (χ4n) is 2.61. The minimum atomic E-state index is -3.68. The largest absolute Gasteiger partial charge is 0.352 e. The van der Waals surface area contributed by atoms with Crippen molar-refractivity contribution in [3.05, 3.63) is 54.1 Å². The zero-order valence-corrected chi connectivity index (χ0v) is 18.3. The molecule has 2 N–H and O–H groups in total. The molecule has 0 aliphatic heterocycles. The lowest BCUT2D eigenvalue weighted by Gasteiger charge is -2.22. The van der Waals surface area contributed by atoms with Crippen molar-refractivity contribution in [2.45, 2.75) is 18.2 Å². The van der Waals surface area contributed by atoms with Crippen LogP contribution in [0.15, 0.2) is 53.4 Å². The van der Waals surface area contributed by atoms with Gasteiger partial charge in [0.05, 0.1) is 23.2 Å². The molecule has 2 aromatic rings. The van der Waals surface area contributed by atoms with Gasteiger partial charge in [-0.25, -0.2) is 8.42 Å². The summed E-state index contributed by atoms with van der Waals surface area (Å²) in [7, 11) is -3.68. The van der Waals surface area contributed by atoms with E-state index in [1.807, 2.05) is 19.2 Å². The van der Waals surface area contributed by atoms with E-state index >= 15 is 0 Å². The molecule has 0 saturated heterocycles. The molecule has 9 heteroatoms. The second kappa shape index (κ2) is 10.3. The number of nitrogens with zero attached hydrogens (tertiary/aromatic N) is 1. The van der Waals surface area contributed by atoms with Crippen molar-refractivity contribution >= 4 is 45.0 Å². The smallest absolute Gasteiger partial charge is 0.253 e. The van der Waals surface area contributed by atoms with E-state index in [0.717, 1.165) is 21.9 Å². The number of hydrogen-bond acceptors (Lipinski definition) is 5. The molecule has 0 spiro atoms. The van der Waals surface area contributed by atoms with Crippen molar-refractivity contribution in [2.24, 2.45) is 0 Å². The Morgan fingerprint density at radius 3 is 2.48 bits per heavy atom. The van der Waals surface area contributed by atoms with Crippen LogP contribution in [0.2, 0.25) is 0 Å². The van der Waals surface area contributed by atoms with Gasteiger partial charge >= 0.3 is 0 Å². The standard InChI is InChI=1S/C20H25N3O4S2/c1-4-12-21-20(25)17-10-5-6-11-18(17)22-19(24)14-23(29(3,26)27)15-8-7-9-16(13-15)28-2/h5-11,13H,4,12,14H2,1-3H3,(H,21,25)(H,22,24). The number of sulfonamides is 1. The van der Waals surface area contributed by atoms with Crippen LogP contribution in [0.3, 0.4) is 0 Å². The molecule has 0 aliphatic rings. The van der Waals surface area contributed by atoms with Gasteiger partial charge in [-0.1, -0.05) is 25.1 Å². The Hall–Kier alpha value is -2.52.